The second-order valence-electron chi connectivity index (χ2n) is 8.99. The van der Waals surface area contributed by atoms with E-state index in [1.165, 1.54) is 12.2 Å². The number of hydrogen-bond donors (Lipinski definition) is 2. The van der Waals surface area contributed by atoms with E-state index in [0.29, 0.717) is 43.3 Å². The van der Waals surface area contributed by atoms with Crippen LogP contribution in [-0.4, -0.2) is 42.9 Å². The van der Waals surface area contributed by atoms with Crippen LogP contribution in [0.2, 0.25) is 0 Å². The van der Waals surface area contributed by atoms with Crippen LogP contribution in [0.4, 0.5) is 4.79 Å². The molecule has 0 fully saturated rings. The number of ketones is 2. The lowest BCUT2D eigenvalue weighted by atomic mass is 9.92. The molecule has 2 aliphatic rings. The standard InChI is InChI=1S/C26H36N2O6/c1-16-8-5-10-18(3)25(31)28-22-15-20(29)14-19(23(22)30)11-7-13-21(33-4)12-6-9-17(2)24(16)34-26(27)32/h9-10,14-16,21,24H,5-8,11-13H2,1-4H3,(H2,27,32)(H,28,31)/b17-9+,18-10+/t16-,21+,24+/m0/s1. The third-order valence-corrected chi connectivity index (χ3v) is 6.29. The number of amides is 2. The van der Waals surface area contributed by atoms with Crippen LogP contribution in [0.5, 0.6) is 0 Å². The van der Waals surface area contributed by atoms with Crippen LogP contribution in [-0.2, 0) is 23.9 Å². The number of methoxy groups -OCH3 is 1. The van der Waals surface area contributed by atoms with E-state index in [0.717, 1.165) is 18.4 Å². The summed E-state index contributed by atoms with van der Waals surface area (Å²) in [5.41, 5.74) is 7.07. The molecule has 1 aliphatic heterocycles. The molecule has 0 aromatic carbocycles. The number of nitrogens with two attached hydrogens (primary N) is 1. The molecule has 186 valence electrons. The first-order valence-electron chi connectivity index (χ1n) is 11.8. The van der Waals surface area contributed by atoms with Crippen LogP contribution in [0.15, 0.2) is 46.7 Å². The van der Waals surface area contributed by atoms with E-state index in [1.54, 1.807) is 20.1 Å². The van der Waals surface area contributed by atoms with Gasteiger partial charge in [-0.05, 0) is 76.4 Å². The van der Waals surface area contributed by atoms with Crippen molar-refractivity contribution in [2.75, 3.05) is 7.11 Å². The lowest BCUT2D eigenvalue weighted by molar-refractivity contribution is -0.120. The van der Waals surface area contributed by atoms with Gasteiger partial charge in [-0.25, -0.2) is 4.79 Å². The Balaban J connectivity index is 2.27. The van der Waals surface area contributed by atoms with Crippen molar-refractivity contribution in [2.24, 2.45) is 11.7 Å². The number of rotatable bonds is 2. The lowest BCUT2D eigenvalue weighted by Crippen LogP contribution is -2.31. The summed E-state index contributed by atoms with van der Waals surface area (Å²) >= 11 is 0. The maximum absolute atomic E-state index is 12.8. The van der Waals surface area contributed by atoms with Crippen molar-refractivity contribution >= 4 is 23.6 Å². The summed E-state index contributed by atoms with van der Waals surface area (Å²) in [5.74, 6) is -1.09. The van der Waals surface area contributed by atoms with Crippen molar-refractivity contribution in [3.05, 3.63) is 46.7 Å². The second kappa shape index (κ2) is 13.0. The zero-order chi connectivity index (χ0) is 25.3. The molecule has 1 aliphatic carbocycles. The maximum atomic E-state index is 12.8. The third-order valence-electron chi connectivity index (χ3n) is 6.29. The number of primary amides is 1. The molecule has 0 saturated heterocycles. The summed E-state index contributed by atoms with van der Waals surface area (Å²) in [5, 5.41) is 2.59. The summed E-state index contributed by atoms with van der Waals surface area (Å²) in [7, 11) is 1.65. The van der Waals surface area contributed by atoms with Crippen molar-refractivity contribution < 1.29 is 28.7 Å². The maximum Gasteiger partial charge on any atom is 0.405 e. The molecule has 0 unspecified atom stereocenters. The number of carbonyl (C=O) groups is 4. The lowest BCUT2D eigenvalue weighted by Gasteiger charge is -2.24. The Kier molecular flexibility index (Phi) is 10.4. The zero-order valence-electron chi connectivity index (χ0n) is 20.5. The van der Waals surface area contributed by atoms with Gasteiger partial charge in [-0.1, -0.05) is 19.1 Å². The molecule has 0 aromatic heterocycles. The number of carbonyl (C=O) groups excluding carboxylic acids is 4. The molecule has 2 bridgehead atoms. The molecule has 2 rings (SSSR count). The largest absolute Gasteiger partial charge is 0.442 e. The Morgan fingerprint density at radius 1 is 1.06 bits per heavy atom. The van der Waals surface area contributed by atoms with Gasteiger partial charge < -0.3 is 20.5 Å². The first-order chi connectivity index (χ1) is 16.1. The topological polar surface area (TPSA) is 125 Å². The zero-order valence-corrected chi connectivity index (χ0v) is 20.5. The molecule has 3 N–H and O–H groups in total. The Morgan fingerprint density at radius 3 is 2.44 bits per heavy atom. The van der Waals surface area contributed by atoms with Crippen molar-refractivity contribution in [1.82, 2.24) is 5.32 Å². The molecular formula is C26H36N2O6. The first-order valence-corrected chi connectivity index (χ1v) is 11.8. The second-order valence-corrected chi connectivity index (χ2v) is 8.99. The fraction of sp³-hybridized carbons (Fsp3) is 0.538. The van der Waals surface area contributed by atoms with E-state index >= 15 is 0 Å². The van der Waals surface area contributed by atoms with E-state index in [1.807, 2.05) is 19.9 Å². The Hall–Kier alpha value is -3.00. The number of nitrogens with one attached hydrogen (secondary N) is 1. The third kappa shape index (κ3) is 8.09. The van der Waals surface area contributed by atoms with E-state index in [9.17, 15) is 19.2 Å². The molecule has 2 amide bonds. The molecular weight excluding hydrogens is 436 g/mol. The average molecular weight is 473 g/mol. The van der Waals surface area contributed by atoms with Gasteiger partial charge in [-0.15, -0.1) is 0 Å². The van der Waals surface area contributed by atoms with E-state index < -0.39 is 18.1 Å². The quantitative estimate of drug-likeness (QED) is 0.465. The first kappa shape index (κ1) is 27.2. The molecule has 0 radical (unpaired) electrons. The van der Waals surface area contributed by atoms with Crippen LogP contribution >= 0.6 is 0 Å². The molecule has 1 heterocycles. The summed E-state index contributed by atoms with van der Waals surface area (Å²) in [6.45, 7) is 5.55. The highest BCUT2D eigenvalue weighted by molar-refractivity contribution is 6.21. The predicted octanol–water partition coefficient (Wildman–Crippen LogP) is 3.82. The summed E-state index contributed by atoms with van der Waals surface area (Å²) in [4.78, 5) is 49.0. The van der Waals surface area contributed by atoms with Gasteiger partial charge >= 0.3 is 6.09 Å². The number of ether oxygens (including phenoxy) is 2. The average Bonchev–Trinajstić information content (AvgIpc) is 2.78. The van der Waals surface area contributed by atoms with Gasteiger partial charge in [-0.3, -0.25) is 14.4 Å². The van der Waals surface area contributed by atoms with Crippen molar-refractivity contribution in [2.45, 2.75) is 77.9 Å². The number of allylic oxidation sites excluding steroid dienone is 5. The predicted molar refractivity (Wildman–Crippen MR) is 129 cm³/mol. The highest BCUT2D eigenvalue weighted by atomic mass is 16.6. The monoisotopic (exact) mass is 472 g/mol. The fourth-order valence-electron chi connectivity index (χ4n) is 4.26. The van der Waals surface area contributed by atoms with Crippen LogP contribution in [0.3, 0.4) is 0 Å². The molecule has 8 heteroatoms. The summed E-state index contributed by atoms with van der Waals surface area (Å²) in [6, 6.07) is 0. The Labute approximate surface area is 201 Å². The minimum atomic E-state index is -0.822. The van der Waals surface area contributed by atoms with E-state index in [2.05, 4.69) is 5.32 Å². The molecule has 34 heavy (non-hydrogen) atoms. The molecule has 0 aromatic rings. The minimum Gasteiger partial charge on any atom is -0.442 e. The minimum absolute atomic E-state index is 0.00423. The van der Waals surface area contributed by atoms with E-state index in [-0.39, 0.29) is 29.3 Å². The van der Waals surface area contributed by atoms with Gasteiger partial charge in [0.15, 0.2) is 5.78 Å². The van der Waals surface area contributed by atoms with Crippen LogP contribution in [0.25, 0.3) is 0 Å². The van der Waals surface area contributed by atoms with E-state index in [4.69, 9.17) is 15.2 Å². The molecule has 8 nitrogen and oxygen atoms in total. The number of fused-ring (bicyclic) bond motifs is 2. The SMILES string of the molecule is CO[C@@H]1CC/C=C(\C)[C@H](OC(N)=O)[C@@H](C)CC/C=C(\C)C(=O)NC2=CC(=O)C=C(CCC1)C2=O. The normalized spacial score (nSPS) is 29.1. The van der Waals surface area contributed by atoms with Crippen molar-refractivity contribution in [3.63, 3.8) is 0 Å². The van der Waals surface area contributed by atoms with Gasteiger partial charge in [0.2, 0.25) is 5.78 Å². The Bertz CT molecular complexity index is 928. The van der Waals surface area contributed by atoms with Crippen LogP contribution in [0, 0.1) is 5.92 Å². The Morgan fingerprint density at radius 2 is 1.76 bits per heavy atom. The highest BCUT2D eigenvalue weighted by Crippen LogP contribution is 2.24. The fourth-order valence-corrected chi connectivity index (χ4v) is 4.26. The summed E-state index contributed by atoms with van der Waals surface area (Å²) < 4.78 is 11.0. The van der Waals surface area contributed by atoms with Gasteiger partial charge in [0.05, 0.1) is 11.8 Å². The number of hydrogen-bond acceptors (Lipinski definition) is 6. The summed E-state index contributed by atoms with van der Waals surface area (Å²) in [6.07, 6.45) is 9.55. The van der Waals surface area contributed by atoms with Gasteiger partial charge in [-0.2, -0.15) is 0 Å². The van der Waals surface area contributed by atoms with Gasteiger partial charge in [0.25, 0.3) is 5.91 Å². The molecule has 3 atom stereocenters. The molecule has 0 spiro atoms. The van der Waals surface area contributed by atoms with Crippen molar-refractivity contribution in [1.29, 1.82) is 0 Å². The number of Topliss-reactive ketones (excluding diaryl/α,β-unsaturated/α-hetero) is 1. The van der Waals surface area contributed by atoms with Gasteiger partial charge in [0, 0.05) is 24.3 Å². The smallest absolute Gasteiger partial charge is 0.405 e. The van der Waals surface area contributed by atoms with Crippen LogP contribution < -0.4 is 11.1 Å². The van der Waals surface area contributed by atoms with Gasteiger partial charge in [0.1, 0.15) is 6.10 Å². The highest BCUT2D eigenvalue weighted by Gasteiger charge is 2.25. The van der Waals surface area contributed by atoms with Crippen molar-refractivity contribution in [3.8, 4) is 0 Å². The van der Waals surface area contributed by atoms with Crippen LogP contribution in [0.1, 0.15) is 65.7 Å². The molecule has 0 saturated carbocycles.